The SMILES string of the molecule is CCCCCCC(CCCCC1=CC(=O)C=CC1=O)OC(=O)c1ccc(F)cc1. The number of halogens is 1. The van der Waals surface area contributed by atoms with Crippen LogP contribution in [0.15, 0.2) is 48.1 Å². The van der Waals surface area contributed by atoms with Crippen molar-refractivity contribution in [2.24, 2.45) is 0 Å². The summed E-state index contributed by atoms with van der Waals surface area (Å²) in [5.41, 5.74) is 0.883. The average molecular weight is 400 g/mol. The fourth-order valence-electron chi connectivity index (χ4n) is 3.31. The summed E-state index contributed by atoms with van der Waals surface area (Å²) in [6.45, 7) is 2.15. The molecule has 1 aromatic rings. The maximum absolute atomic E-state index is 13.1. The molecule has 0 aromatic heterocycles. The number of carbonyl (C=O) groups excluding carboxylic acids is 3. The van der Waals surface area contributed by atoms with Crippen molar-refractivity contribution in [2.75, 3.05) is 0 Å². The third-order valence-electron chi connectivity index (χ3n) is 4.99. The van der Waals surface area contributed by atoms with E-state index < -0.39 is 11.8 Å². The molecular weight excluding hydrogens is 371 g/mol. The van der Waals surface area contributed by atoms with Gasteiger partial charge in [0.2, 0.25) is 0 Å². The van der Waals surface area contributed by atoms with Crippen LogP contribution in [0, 0.1) is 5.82 Å². The maximum Gasteiger partial charge on any atom is 0.338 e. The molecule has 0 heterocycles. The average Bonchev–Trinajstić information content (AvgIpc) is 2.71. The highest BCUT2D eigenvalue weighted by Gasteiger charge is 2.17. The quantitative estimate of drug-likeness (QED) is 0.263. The van der Waals surface area contributed by atoms with Gasteiger partial charge in [-0.2, -0.15) is 0 Å². The molecule has 0 aliphatic heterocycles. The first-order valence-corrected chi connectivity index (χ1v) is 10.4. The number of benzene rings is 1. The Morgan fingerprint density at radius 1 is 0.966 bits per heavy atom. The zero-order valence-electron chi connectivity index (χ0n) is 17.0. The minimum Gasteiger partial charge on any atom is -0.459 e. The van der Waals surface area contributed by atoms with E-state index >= 15 is 0 Å². The van der Waals surface area contributed by atoms with Crippen molar-refractivity contribution in [2.45, 2.75) is 70.8 Å². The smallest absolute Gasteiger partial charge is 0.338 e. The van der Waals surface area contributed by atoms with E-state index in [0.717, 1.165) is 44.9 Å². The normalized spacial score (nSPS) is 14.6. The fourth-order valence-corrected chi connectivity index (χ4v) is 3.31. The van der Waals surface area contributed by atoms with Gasteiger partial charge >= 0.3 is 5.97 Å². The minimum atomic E-state index is -0.439. The Morgan fingerprint density at radius 2 is 1.66 bits per heavy atom. The second-order valence-electron chi connectivity index (χ2n) is 7.40. The fraction of sp³-hybridized carbons (Fsp3) is 0.458. The van der Waals surface area contributed by atoms with Crippen molar-refractivity contribution in [1.82, 2.24) is 0 Å². The van der Waals surface area contributed by atoms with Crippen molar-refractivity contribution in [3.63, 3.8) is 0 Å². The Kier molecular flexibility index (Phi) is 9.48. The zero-order chi connectivity index (χ0) is 21.1. The van der Waals surface area contributed by atoms with E-state index in [1.165, 1.54) is 42.5 Å². The standard InChI is InChI=1S/C24H29FO4/c1-2-3-4-5-9-22(29-24(28)18-11-13-20(25)14-12-18)10-7-6-8-19-17-21(26)15-16-23(19)27/h11-17,22H,2-10H2,1H3. The van der Waals surface area contributed by atoms with Crippen molar-refractivity contribution in [3.05, 3.63) is 59.4 Å². The van der Waals surface area contributed by atoms with Gasteiger partial charge in [0.25, 0.3) is 0 Å². The Balaban J connectivity index is 1.84. The van der Waals surface area contributed by atoms with E-state index in [1.807, 2.05) is 0 Å². The number of rotatable bonds is 12. The van der Waals surface area contributed by atoms with Gasteiger partial charge in [-0.25, -0.2) is 9.18 Å². The van der Waals surface area contributed by atoms with Crippen LogP contribution < -0.4 is 0 Å². The summed E-state index contributed by atoms with van der Waals surface area (Å²) in [7, 11) is 0. The number of hydrogen-bond acceptors (Lipinski definition) is 4. The summed E-state index contributed by atoms with van der Waals surface area (Å²) < 4.78 is 18.7. The van der Waals surface area contributed by atoms with Crippen LogP contribution in [-0.4, -0.2) is 23.6 Å². The number of ether oxygens (including phenoxy) is 1. The Labute approximate surface area is 171 Å². The van der Waals surface area contributed by atoms with Crippen molar-refractivity contribution < 1.29 is 23.5 Å². The van der Waals surface area contributed by atoms with Gasteiger partial charge in [-0.3, -0.25) is 9.59 Å². The topological polar surface area (TPSA) is 60.4 Å². The van der Waals surface area contributed by atoms with E-state index in [1.54, 1.807) is 0 Å². The molecule has 0 fully saturated rings. The summed E-state index contributed by atoms with van der Waals surface area (Å²) in [5.74, 6) is -1.09. The van der Waals surface area contributed by atoms with Crippen LogP contribution in [0.25, 0.3) is 0 Å². The molecular formula is C24H29FO4. The van der Waals surface area contributed by atoms with Gasteiger partial charge < -0.3 is 4.74 Å². The molecule has 0 saturated carbocycles. The predicted molar refractivity (Wildman–Crippen MR) is 110 cm³/mol. The molecule has 1 aromatic carbocycles. The lowest BCUT2D eigenvalue weighted by atomic mass is 9.96. The highest BCUT2D eigenvalue weighted by Crippen LogP contribution is 2.19. The molecule has 156 valence electrons. The molecule has 5 heteroatoms. The van der Waals surface area contributed by atoms with E-state index in [4.69, 9.17) is 4.74 Å². The molecule has 1 atom stereocenters. The lowest BCUT2D eigenvalue weighted by Gasteiger charge is -2.18. The molecule has 1 aliphatic carbocycles. The summed E-state index contributed by atoms with van der Waals surface area (Å²) in [5, 5.41) is 0. The summed E-state index contributed by atoms with van der Waals surface area (Å²) in [4.78, 5) is 35.6. The van der Waals surface area contributed by atoms with Crippen LogP contribution >= 0.6 is 0 Å². The second-order valence-corrected chi connectivity index (χ2v) is 7.40. The van der Waals surface area contributed by atoms with Crippen LogP contribution in [0.2, 0.25) is 0 Å². The molecule has 0 saturated heterocycles. The van der Waals surface area contributed by atoms with Gasteiger partial charge in [-0.15, -0.1) is 0 Å². The molecule has 4 nitrogen and oxygen atoms in total. The van der Waals surface area contributed by atoms with Gasteiger partial charge in [0.15, 0.2) is 11.6 Å². The van der Waals surface area contributed by atoms with Gasteiger partial charge in [0, 0.05) is 5.57 Å². The molecule has 1 aliphatic rings. The maximum atomic E-state index is 13.1. The molecule has 0 bridgehead atoms. The monoisotopic (exact) mass is 400 g/mol. The van der Waals surface area contributed by atoms with Gasteiger partial charge in [0.05, 0.1) is 5.56 Å². The number of carbonyl (C=O) groups is 3. The number of esters is 1. The molecule has 2 rings (SSSR count). The lowest BCUT2D eigenvalue weighted by Crippen LogP contribution is -2.18. The van der Waals surface area contributed by atoms with Gasteiger partial charge in [-0.1, -0.05) is 26.2 Å². The minimum absolute atomic E-state index is 0.108. The summed E-state index contributed by atoms with van der Waals surface area (Å²) in [6.07, 6.45) is 11.7. The van der Waals surface area contributed by atoms with Crippen molar-refractivity contribution in [1.29, 1.82) is 0 Å². The summed E-state index contributed by atoms with van der Waals surface area (Å²) >= 11 is 0. The van der Waals surface area contributed by atoms with E-state index in [9.17, 15) is 18.8 Å². The molecule has 1 unspecified atom stereocenters. The van der Waals surface area contributed by atoms with Crippen molar-refractivity contribution >= 4 is 17.5 Å². The van der Waals surface area contributed by atoms with Crippen LogP contribution in [0.4, 0.5) is 4.39 Å². The largest absolute Gasteiger partial charge is 0.459 e. The van der Waals surface area contributed by atoms with Crippen LogP contribution in [-0.2, 0) is 14.3 Å². The van der Waals surface area contributed by atoms with Gasteiger partial charge in [0.1, 0.15) is 11.9 Å². The van der Waals surface area contributed by atoms with Crippen LogP contribution in [0.1, 0.15) is 75.1 Å². The molecule has 29 heavy (non-hydrogen) atoms. The Morgan fingerprint density at radius 3 is 2.34 bits per heavy atom. The van der Waals surface area contributed by atoms with Gasteiger partial charge in [-0.05, 0) is 81.0 Å². The third-order valence-corrected chi connectivity index (χ3v) is 4.99. The Hall–Kier alpha value is -2.56. The molecule has 0 N–H and O–H groups in total. The number of ketones is 2. The molecule has 0 spiro atoms. The predicted octanol–water partition coefficient (Wildman–Crippen LogP) is 5.52. The Bertz CT molecular complexity index is 762. The van der Waals surface area contributed by atoms with Crippen molar-refractivity contribution in [3.8, 4) is 0 Å². The van der Waals surface area contributed by atoms with E-state index in [-0.39, 0.29) is 17.7 Å². The first-order valence-electron chi connectivity index (χ1n) is 10.4. The molecule has 0 radical (unpaired) electrons. The first-order chi connectivity index (χ1) is 14.0. The lowest BCUT2D eigenvalue weighted by molar-refractivity contribution is -0.114. The third kappa shape index (κ3) is 8.14. The second kappa shape index (κ2) is 12.1. The number of allylic oxidation sites excluding steroid dienone is 4. The van der Waals surface area contributed by atoms with E-state index in [2.05, 4.69) is 6.92 Å². The number of unbranched alkanes of at least 4 members (excludes halogenated alkanes) is 4. The zero-order valence-corrected chi connectivity index (χ0v) is 17.0. The molecule has 0 amide bonds. The highest BCUT2D eigenvalue weighted by molar-refractivity contribution is 6.17. The number of hydrogen-bond donors (Lipinski definition) is 0. The first kappa shape index (κ1) is 22.7. The highest BCUT2D eigenvalue weighted by atomic mass is 19.1. The van der Waals surface area contributed by atoms with Crippen LogP contribution in [0.3, 0.4) is 0 Å². The van der Waals surface area contributed by atoms with Crippen LogP contribution in [0.5, 0.6) is 0 Å². The summed E-state index contributed by atoms with van der Waals surface area (Å²) in [6, 6.07) is 5.35. The van der Waals surface area contributed by atoms with E-state index in [0.29, 0.717) is 24.0 Å².